The second kappa shape index (κ2) is 8.62. The number of hydrogen-bond donors (Lipinski definition) is 1. The molecule has 0 aliphatic heterocycles. The van der Waals surface area contributed by atoms with Crippen molar-refractivity contribution in [3.05, 3.63) is 64.8 Å². The first-order chi connectivity index (χ1) is 13.5. The molecule has 0 saturated carbocycles. The van der Waals surface area contributed by atoms with Crippen LogP contribution in [0.2, 0.25) is 5.02 Å². The van der Waals surface area contributed by atoms with Gasteiger partial charge in [-0.15, -0.1) is 0 Å². The van der Waals surface area contributed by atoms with Crippen LogP contribution in [0, 0.1) is 0 Å². The number of nitrogens with one attached hydrogen (secondary N) is 1. The molecule has 0 radical (unpaired) electrons. The summed E-state index contributed by atoms with van der Waals surface area (Å²) >= 11 is 6.04. The van der Waals surface area contributed by atoms with Crippen LogP contribution in [0.1, 0.15) is 33.7 Å². The van der Waals surface area contributed by atoms with E-state index in [-0.39, 0.29) is 23.7 Å². The van der Waals surface area contributed by atoms with Gasteiger partial charge in [-0.1, -0.05) is 23.7 Å². The standard InChI is InChI=1S/C19H18ClN3O5/c1-3-23-10-14(17(22-23)19(25)26-2)21-18(24)16-9-8-12(28-16)11-27-15-7-5-4-6-13(15)20/h4-10H,3,11H2,1-2H3,(H,21,24). The molecule has 28 heavy (non-hydrogen) atoms. The molecule has 0 spiro atoms. The van der Waals surface area contributed by atoms with Gasteiger partial charge < -0.3 is 19.2 Å². The number of para-hydroxylation sites is 1. The maximum atomic E-state index is 12.5. The molecule has 1 aromatic carbocycles. The van der Waals surface area contributed by atoms with Crippen molar-refractivity contribution in [2.45, 2.75) is 20.1 Å². The molecule has 1 N–H and O–H groups in total. The number of benzene rings is 1. The lowest BCUT2D eigenvalue weighted by atomic mass is 10.3. The van der Waals surface area contributed by atoms with Gasteiger partial charge in [-0.3, -0.25) is 9.48 Å². The van der Waals surface area contributed by atoms with Crippen molar-refractivity contribution in [1.82, 2.24) is 9.78 Å². The molecule has 0 aliphatic carbocycles. The summed E-state index contributed by atoms with van der Waals surface area (Å²) in [5, 5.41) is 7.18. The molecular formula is C19H18ClN3O5. The van der Waals surface area contributed by atoms with Crippen molar-refractivity contribution in [3.8, 4) is 5.75 Å². The van der Waals surface area contributed by atoms with E-state index >= 15 is 0 Å². The van der Waals surface area contributed by atoms with Gasteiger partial charge in [0.05, 0.1) is 17.8 Å². The number of aryl methyl sites for hydroxylation is 1. The number of anilines is 1. The molecule has 0 unspecified atom stereocenters. The van der Waals surface area contributed by atoms with E-state index in [9.17, 15) is 9.59 Å². The van der Waals surface area contributed by atoms with E-state index in [0.29, 0.717) is 23.1 Å². The molecule has 1 amide bonds. The topological polar surface area (TPSA) is 95.6 Å². The number of ether oxygens (including phenoxy) is 2. The average Bonchev–Trinajstić information content (AvgIpc) is 3.34. The predicted molar refractivity (Wildman–Crippen MR) is 102 cm³/mol. The average molecular weight is 404 g/mol. The van der Waals surface area contributed by atoms with Crippen molar-refractivity contribution < 1.29 is 23.5 Å². The highest BCUT2D eigenvalue weighted by molar-refractivity contribution is 6.32. The molecule has 146 valence electrons. The van der Waals surface area contributed by atoms with E-state index in [4.69, 9.17) is 25.5 Å². The minimum atomic E-state index is -0.643. The lowest BCUT2D eigenvalue weighted by Crippen LogP contribution is -2.14. The highest BCUT2D eigenvalue weighted by Gasteiger charge is 2.21. The summed E-state index contributed by atoms with van der Waals surface area (Å²) in [6, 6.07) is 10.2. The molecule has 0 atom stereocenters. The van der Waals surface area contributed by atoms with Crippen molar-refractivity contribution in [2.24, 2.45) is 0 Å². The summed E-state index contributed by atoms with van der Waals surface area (Å²) in [5.74, 6) is -0.137. The number of amides is 1. The van der Waals surface area contributed by atoms with E-state index in [1.807, 2.05) is 6.92 Å². The number of furan rings is 1. The molecule has 2 aromatic heterocycles. The van der Waals surface area contributed by atoms with Crippen LogP contribution in [0.25, 0.3) is 0 Å². The summed E-state index contributed by atoms with van der Waals surface area (Å²) in [6.45, 7) is 2.50. The SMILES string of the molecule is CCn1cc(NC(=O)c2ccc(COc3ccccc3Cl)o2)c(C(=O)OC)n1. The largest absolute Gasteiger partial charge is 0.484 e. The Hall–Kier alpha value is -3.26. The Bertz CT molecular complexity index is 995. The molecule has 0 bridgehead atoms. The Balaban J connectivity index is 1.68. The van der Waals surface area contributed by atoms with Crippen molar-refractivity contribution >= 4 is 29.2 Å². The van der Waals surface area contributed by atoms with E-state index in [1.54, 1.807) is 36.5 Å². The number of esters is 1. The molecule has 0 fully saturated rings. The Kier molecular flexibility index (Phi) is 6.00. The monoisotopic (exact) mass is 403 g/mol. The van der Waals surface area contributed by atoms with Crippen LogP contribution in [-0.2, 0) is 17.9 Å². The number of hydrogen-bond acceptors (Lipinski definition) is 6. The van der Waals surface area contributed by atoms with E-state index in [1.165, 1.54) is 17.9 Å². The maximum Gasteiger partial charge on any atom is 0.360 e. The molecule has 0 saturated heterocycles. The second-order valence-electron chi connectivity index (χ2n) is 5.68. The number of carbonyl (C=O) groups excluding carboxylic acids is 2. The first kappa shape index (κ1) is 19.5. The Morgan fingerprint density at radius 1 is 1.25 bits per heavy atom. The Morgan fingerprint density at radius 2 is 2.04 bits per heavy atom. The van der Waals surface area contributed by atoms with Gasteiger partial charge >= 0.3 is 5.97 Å². The van der Waals surface area contributed by atoms with E-state index in [0.717, 1.165) is 0 Å². The van der Waals surface area contributed by atoms with Gasteiger partial charge in [0, 0.05) is 12.7 Å². The summed E-state index contributed by atoms with van der Waals surface area (Å²) in [4.78, 5) is 24.3. The first-order valence-corrected chi connectivity index (χ1v) is 8.82. The van der Waals surface area contributed by atoms with Crippen LogP contribution in [0.5, 0.6) is 5.75 Å². The first-order valence-electron chi connectivity index (χ1n) is 8.45. The predicted octanol–water partition coefficient (Wildman–Crippen LogP) is 3.77. The Labute approximate surface area is 166 Å². The zero-order valence-electron chi connectivity index (χ0n) is 15.3. The molecule has 0 aliphatic rings. The molecule has 3 rings (SSSR count). The summed E-state index contributed by atoms with van der Waals surface area (Å²) in [6.07, 6.45) is 1.55. The fourth-order valence-electron chi connectivity index (χ4n) is 2.39. The van der Waals surface area contributed by atoms with Crippen LogP contribution >= 0.6 is 11.6 Å². The molecular weight excluding hydrogens is 386 g/mol. The van der Waals surface area contributed by atoms with E-state index < -0.39 is 11.9 Å². The molecule has 8 nitrogen and oxygen atoms in total. The van der Waals surface area contributed by atoms with Gasteiger partial charge in [0.1, 0.15) is 18.1 Å². The van der Waals surface area contributed by atoms with Gasteiger partial charge in [0.15, 0.2) is 11.5 Å². The van der Waals surface area contributed by atoms with Crippen LogP contribution in [0.15, 0.2) is 47.0 Å². The maximum absolute atomic E-state index is 12.5. The fraction of sp³-hybridized carbons (Fsp3) is 0.211. The smallest absolute Gasteiger partial charge is 0.360 e. The third-order valence-corrected chi connectivity index (χ3v) is 4.12. The van der Waals surface area contributed by atoms with Gasteiger partial charge in [-0.05, 0) is 31.2 Å². The zero-order chi connectivity index (χ0) is 20.1. The number of carbonyl (C=O) groups is 2. The van der Waals surface area contributed by atoms with Crippen LogP contribution in [0.4, 0.5) is 5.69 Å². The van der Waals surface area contributed by atoms with Crippen molar-refractivity contribution in [2.75, 3.05) is 12.4 Å². The third-order valence-electron chi connectivity index (χ3n) is 3.80. The number of aromatic nitrogens is 2. The fourth-order valence-corrected chi connectivity index (χ4v) is 2.58. The van der Waals surface area contributed by atoms with Gasteiger partial charge in [0.2, 0.25) is 0 Å². The quantitative estimate of drug-likeness (QED) is 0.603. The molecule has 2 heterocycles. The number of nitrogens with zero attached hydrogens (tertiary/aromatic N) is 2. The van der Waals surface area contributed by atoms with Gasteiger partial charge in [-0.25, -0.2) is 4.79 Å². The minimum Gasteiger partial charge on any atom is -0.484 e. The Morgan fingerprint density at radius 3 is 2.75 bits per heavy atom. The summed E-state index contributed by atoms with van der Waals surface area (Å²) in [5.41, 5.74) is 0.260. The number of methoxy groups -OCH3 is 1. The van der Waals surface area contributed by atoms with Gasteiger partial charge in [-0.2, -0.15) is 5.10 Å². The highest BCUT2D eigenvalue weighted by atomic mass is 35.5. The van der Waals surface area contributed by atoms with E-state index in [2.05, 4.69) is 10.4 Å². The second-order valence-corrected chi connectivity index (χ2v) is 6.09. The zero-order valence-corrected chi connectivity index (χ0v) is 16.0. The highest BCUT2D eigenvalue weighted by Crippen LogP contribution is 2.24. The summed E-state index contributed by atoms with van der Waals surface area (Å²) < 4.78 is 17.3. The molecule has 3 aromatic rings. The van der Waals surface area contributed by atoms with Crippen molar-refractivity contribution in [1.29, 1.82) is 0 Å². The normalized spacial score (nSPS) is 10.5. The summed E-state index contributed by atoms with van der Waals surface area (Å²) in [7, 11) is 1.25. The van der Waals surface area contributed by atoms with Crippen molar-refractivity contribution in [3.63, 3.8) is 0 Å². The lowest BCUT2D eigenvalue weighted by molar-refractivity contribution is 0.0594. The van der Waals surface area contributed by atoms with Gasteiger partial charge in [0.25, 0.3) is 5.91 Å². The lowest BCUT2D eigenvalue weighted by Gasteiger charge is -2.05. The minimum absolute atomic E-state index is 0.0199. The van der Waals surface area contributed by atoms with Crippen LogP contribution in [-0.4, -0.2) is 28.8 Å². The number of rotatable bonds is 7. The van der Waals surface area contributed by atoms with Crippen LogP contribution in [0.3, 0.4) is 0 Å². The molecule has 9 heteroatoms. The number of halogens is 1. The van der Waals surface area contributed by atoms with Crippen LogP contribution < -0.4 is 10.1 Å². The third kappa shape index (κ3) is 4.34.